The van der Waals surface area contributed by atoms with E-state index in [4.69, 9.17) is 9.47 Å². The van der Waals surface area contributed by atoms with Crippen molar-refractivity contribution in [3.63, 3.8) is 0 Å². The Morgan fingerprint density at radius 1 is 1.12 bits per heavy atom. The van der Waals surface area contributed by atoms with Crippen LogP contribution in [0.1, 0.15) is 25.1 Å². The van der Waals surface area contributed by atoms with Gasteiger partial charge < -0.3 is 9.47 Å². The van der Waals surface area contributed by atoms with Gasteiger partial charge in [-0.25, -0.2) is 23.4 Å². The number of carbonyl (C=O) groups is 1. The molecule has 10 nitrogen and oxygen atoms in total. The number of benzene rings is 1. The molecule has 0 fully saturated rings. The van der Waals surface area contributed by atoms with E-state index in [1.165, 1.54) is 28.8 Å². The summed E-state index contributed by atoms with van der Waals surface area (Å²) in [5.41, 5.74) is 0.294. The van der Waals surface area contributed by atoms with Gasteiger partial charge in [-0.3, -0.25) is 9.69 Å². The lowest BCUT2D eigenvalue weighted by molar-refractivity contribution is -0.123. The molecule has 0 bridgehead atoms. The van der Waals surface area contributed by atoms with Crippen molar-refractivity contribution >= 4 is 30.8 Å². The molecule has 0 N–H and O–H groups in total. The lowest BCUT2D eigenvalue weighted by Crippen LogP contribution is -2.38. The third kappa shape index (κ3) is 5.06. The van der Waals surface area contributed by atoms with E-state index < -0.39 is 25.1 Å². The Bertz CT molecular complexity index is 1600. The van der Waals surface area contributed by atoms with Crippen LogP contribution in [0.4, 0.5) is 14.6 Å². The Balaban J connectivity index is 1.54. The molecular formula is C27H31F2N7O3Si. The molecule has 13 heteroatoms. The highest BCUT2D eigenvalue weighted by molar-refractivity contribution is 6.76. The minimum Gasteiger partial charge on any atom is -0.494 e. The molecule has 4 aromatic rings. The van der Waals surface area contributed by atoms with Crippen LogP contribution in [0.3, 0.4) is 0 Å². The number of carbonyl (C=O) groups excluding carboxylic acids is 1. The van der Waals surface area contributed by atoms with E-state index in [1.807, 2.05) is 0 Å². The Kier molecular flexibility index (Phi) is 7.12. The van der Waals surface area contributed by atoms with E-state index in [1.54, 1.807) is 26.0 Å². The lowest BCUT2D eigenvalue weighted by Gasteiger charge is -2.20. The van der Waals surface area contributed by atoms with Gasteiger partial charge in [0.15, 0.2) is 23.0 Å². The monoisotopic (exact) mass is 567 g/mol. The average Bonchev–Trinajstić information content (AvgIpc) is 3.34. The van der Waals surface area contributed by atoms with E-state index in [0.29, 0.717) is 34.7 Å². The zero-order chi connectivity index (χ0) is 28.8. The molecule has 1 aliphatic rings. The first-order valence-electron chi connectivity index (χ1n) is 12.9. The van der Waals surface area contributed by atoms with E-state index >= 15 is 0 Å². The number of hydrogen-bond donors (Lipinski definition) is 0. The van der Waals surface area contributed by atoms with E-state index in [2.05, 4.69) is 44.9 Å². The summed E-state index contributed by atoms with van der Waals surface area (Å²) in [6.07, 6.45) is 1.06. The molecule has 210 valence electrons. The Morgan fingerprint density at radius 3 is 2.62 bits per heavy atom. The molecule has 1 aromatic carbocycles. The number of hydrogen-bond acceptors (Lipinski definition) is 8. The third-order valence-corrected chi connectivity index (χ3v) is 8.57. The molecule has 0 saturated heterocycles. The fourth-order valence-corrected chi connectivity index (χ4v) is 5.26. The minimum atomic E-state index is -1.31. The van der Waals surface area contributed by atoms with Gasteiger partial charge in [0, 0.05) is 20.2 Å². The Morgan fingerprint density at radius 2 is 1.90 bits per heavy atom. The predicted molar refractivity (Wildman–Crippen MR) is 148 cm³/mol. The Hall–Kier alpha value is -3.84. The number of ether oxygens (including phenoxy) is 2. The average molecular weight is 568 g/mol. The normalized spacial score (nSPS) is 14.7. The van der Waals surface area contributed by atoms with Crippen LogP contribution in [-0.2, 0) is 21.5 Å². The molecule has 0 radical (unpaired) electrons. The van der Waals surface area contributed by atoms with Gasteiger partial charge in [-0.05, 0) is 32.0 Å². The molecule has 0 atom stereocenters. The number of nitrogens with zero attached hydrogens (tertiary/aromatic N) is 7. The van der Waals surface area contributed by atoms with E-state index in [0.717, 1.165) is 12.2 Å². The maximum Gasteiger partial charge on any atom is 0.242 e. The molecular weight excluding hydrogens is 536 g/mol. The van der Waals surface area contributed by atoms with Gasteiger partial charge in [-0.2, -0.15) is 5.10 Å². The van der Waals surface area contributed by atoms with Crippen LogP contribution in [-0.4, -0.2) is 64.4 Å². The second-order valence-corrected chi connectivity index (χ2v) is 17.1. The number of amides is 1. The molecule has 0 unspecified atom stereocenters. The SMILES string of the molecule is COc1cccc(Cn2nc(-c3nnc4c(n3)N(COCC[Si](C)(C)C)C(=O)C4(C)C)c3cc(F)cnc32)c1F. The minimum absolute atomic E-state index is 0.000885. The Labute approximate surface area is 231 Å². The van der Waals surface area contributed by atoms with Crippen LogP contribution in [0.5, 0.6) is 5.75 Å². The fourth-order valence-electron chi connectivity index (χ4n) is 4.51. The maximum absolute atomic E-state index is 14.9. The zero-order valence-corrected chi connectivity index (χ0v) is 24.3. The molecule has 1 amide bonds. The van der Waals surface area contributed by atoms with Gasteiger partial charge in [0.1, 0.15) is 23.9 Å². The first-order valence-corrected chi connectivity index (χ1v) is 16.6. The molecule has 0 saturated carbocycles. The van der Waals surface area contributed by atoms with Gasteiger partial charge in [0.05, 0.1) is 30.7 Å². The quantitative estimate of drug-likeness (QED) is 0.214. The largest absolute Gasteiger partial charge is 0.494 e. The number of rotatable bonds is 9. The van der Waals surface area contributed by atoms with Gasteiger partial charge in [-0.1, -0.05) is 31.8 Å². The van der Waals surface area contributed by atoms with Crippen LogP contribution >= 0.6 is 0 Å². The van der Waals surface area contributed by atoms with Gasteiger partial charge >= 0.3 is 0 Å². The van der Waals surface area contributed by atoms with Crippen LogP contribution in [0.15, 0.2) is 30.5 Å². The lowest BCUT2D eigenvalue weighted by atomic mass is 9.91. The van der Waals surface area contributed by atoms with Crippen LogP contribution in [0.2, 0.25) is 25.7 Å². The van der Waals surface area contributed by atoms with E-state index in [-0.39, 0.29) is 36.5 Å². The summed E-state index contributed by atoms with van der Waals surface area (Å²) in [5, 5.41) is 13.5. The number of anilines is 1. The summed E-state index contributed by atoms with van der Waals surface area (Å²) < 4.78 is 41.7. The highest BCUT2D eigenvalue weighted by atomic mass is 28.3. The van der Waals surface area contributed by atoms with Crippen molar-refractivity contribution in [2.45, 2.75) is 51.5 Å². The number of aromatic nitrogens is 6. The number of methoxy groups -OCH3 is 1. The van der Waals surface area contributed by atoms with Gasteiger partial charge in [0.2, 0.25) is 11.7 Å². The van der Waals surface area contributed by atoms with E-state index in [9.17, 15) is 13.6 Å². The summed E-state index contributed by atoms with van der Waals surface area (Å²) in [6, 6.07) is 7.02. The van der Waals surface area contributed by atoms with Crippen LogP contribution in [0, 0.1) is 11.6 Å². The number of fused-ring (bicyclic) bond motifs is 2. The highest BCUT2D eigenvalue weighted by Crippen LogP contribution is 2.39. The van der Waals surface area contributed by atoms with Crippen molar-refractivity contribution in [1.29, 1.82) is 0 Å². The summed E-state index contributed by atoms with van der Waals surface area (Å²) in [7, 11) is 0.0738. The van der Waals surface area contributed by atoms with Crippen LogP contribution in [0.25, 0.3) is 22.6 Å². The number of pyridine rings is 1. The second kappa shape index (κ2) is 10.3. The van der Waals surface area contributed by atoms with Crippen molar-refractivity contribution in [2.24, 2.45) is 0 Å². The fraction of sp³-hybridized carbons (Fsp3) is 0.407. The van der Waals surface area contributed by atoms with Gasteiger partial charge in [-0.15, -0.1) is 10.2 Å². The predicted octanol–water partition coefficient (Wildman–Crippen LogP) is 4.55. The molecule has 0 spiro atoms. The smallest absolute Gasteiger partial charge is 0.242 e. The molecule has 5 rings (SSSR count). The van der Waals surface area contributed by atoms with Crippen molar-refractivity contribution in [3.05, 3.63) is 53.4 Å². The van der Waals surface area contributed by atoms with Crippen LogP contribution < -0.4 is 9.64 Å². The second-order valence-electron chi connectivity index (χ2n) is 11.5. The summed E-state index contributed by atoms with van der Waals surface area (Å²) in [5.74, 6) is -0.815. The van der Waals surface area contributed by atoms with Crippen molar-refractivity contribution in [3.8, 4) is 17.3 Å². The zero-order valence-electron chi connectivity index (χ0n) is 23.3. The third-order valence-electron chi connectivity index (χ3n) is 6.86. The topological polar surface area (TPSA) is 108 Å². The number of halogens is 2. The molecule has 40 heavy (non-hydrogen) atoms. The highest BCUT2D eigenvalue weighted by Gasteiger charge is 2.47. The molecule has 0 aliphatic carbocycles. The summed E-state index contributed by atoms with van der Waals surface area (Å²) >= 11 is 0. The summed E-state index contributed by atoms with van der Waals surface area (Å²) in [6.45, 7) is 10.8. The molecule has 1 aliphatic heterocycles. The van der Waals surface area contributed by atoms with Crippen molar-refractivity contribution in [1.82, 2.24) is 29.9 Å². The summed E-state index contributed by atoms with van der Waals surface area (Å²) in [4.78, 5) is 23.6. The maximum atomic E-state index is 14.9. The first-order chi connectivity index (χ1) is 18.9. The van der Waals surface area contributed by atoms with Gasteiger partial charge in [0.25, 0.3) is 0 Å². The molecule has 4 heterocycles. The standard InChI is InChI=1S/C27H31F2N7O3Si/c1-27(2)22-25(35(26(27)37)15-39-10-11-40(4,5)6)31-23(33-32-22)21-18-12-17(28)13-30-24(18)36(34-21)14-16-8-7-9-19(38-3)20(16)29/h7-9,12-13H,10-11,14-15H2,1-6H3. The first kappa shape index (κ1) is 27.7. The van der Waals surface area contributed by atoms with Crippen molar-refractivity contribution < 1.29 is 23.0 Å². The van der Waals surface area contributed by atoms with Crippen molar-refractivity contribution in [2.75, 3.05) is 25.3 Å². The molecule has 3 aromatic heterocycles.